The summed E-state index contributed by atoms with van der Waals surface area (Å²) in [4.78, 5) is 55.0. The Morgan fingerprint density at radius 3 is 1.95 bits per heavy atom. The number of hydrogen-bond acceptors (Lipinski definition) is 7. The normalized spacial score (nSPS) is 26.3. The van der Waals surface area contributed by atoms with E-state index in [-0.39, 0.29) is 33.6 Å². The maximum absolute atomic E-state index is 13.8. The number of rotatable bonds is 8. The zero-order chi connectivity index (χ0) is 30.9. The van der Waals surface area contributed by atoms with Gasteiger partial charge in [-0.1, -0.05) is 41.4 Å². The van der Waals surface area contributed by atoms with Gasteiger partial charge in [0.2, 0.25) is 0 Å². The van der Waals surface area contributed by atoms with Crippen molar-refractivity contribution in [3.63, 3.8) is 0 Å². The highest BCUT2D eigenvalue weighted by Crippen LogP contribution is 2.65. The predicted octanol–water partition coefficient (Wildman–Crippen LogP) is 4.71. The van der Waals surface area contributed by atoms with E-state index in [1.807, 2.05) is 19.1 Å². The number of amides is 3. The zero-order valence-corrected chi connectivity index (χ0v) is 25.1. The number of carbonyl (C=O) groups is 4. The molecule has 1 saturated heterocycles. The Bertz CT molecular complexity index is 1800. The third kappa shape index (κ3) is 4.73. The van der Waals surface area contributed by atoms with Gasteiger partial charge in [-0.2, -0.15) is 13.4 Å². The average molecular weight is 631 g/mol. The number of allylic oxidation sites excluding steroid dienone is 2. The van der Waals surface area contributed by atoms with Crippen LogP contribution in [0, 0.1) is 42.4 Å². The van der Waals surface area contributed by atoms with Crippen molar-refractivity contribution in [2.24, 2.45) is 35.5 Å². The number of nitrogens with zero attached hydrogens (tertiary/aromatic N) is 2. The van der Waals surface area contributed by atoms with E-state index < -0.39 is 52.0 Å². The Morgan fingerprint density at radius 2 is 1.39 bits per heavy atom. The molecule has 3 amide bonds. The highest BCUT2D eigenvalue weighted by atomic mass is 35.5. The van der Waals surface area contributed by atoms with Gasteiger partial charge < -0.3 is 4.18 Å². The van der Waals surface area contributed by atoms with Gasteiger partial charge in [-0.15, -0.1) is 0 Å². The second-order valence-corrected chi connectivity index (χ2v) is 13.8. The molecule has 0 unspecified atom stereocenters. The highest BCUT2D eigenvalue weighted by molar-refractivity contribution is 7.87. The van der Waals surface area contributed by atoms with Gasteiger partial charge in [0, 0.05) is 16.1 Å². The largest absolute Gasteiger partial charge is 0.379 e. The molecule has 2 bridgehead atoms. The Balaban J connectivity index is 1.14. The third-order valence-electron chi connectivity index (χ3n) is 9.19. The topological polar surface area (TPSA) is 118 Å². The maximum Gasteiger partial charge on any atom is 0.339 e. The summed E-state index contributed by atoms with van der Waals surface area (Å²) in [5.41, 5.74) is 1.19. The molecular weight excluding hydrogens is 604 g/mol. The lowest BCUT2D eigenvalue weighted by molar-refractivity contribution is -0.154. The molecule has 9 nitrogen and oxygen atoms in total. The number of halogens is 1. The zero-order valence-electron chi connectivity index (χ0n) is 23.5. The second kappa shape index (κ2) is 10.4. The van der Waals surface area contributed by atoms with Crippen LogP contribution in [0.15, 0.2) is 89.8 Å². The molecule has 0 spiro atoms. The maximum atomic E-state index is 13.8. The van der Waals surface area contributed by atoms with Crippen molar-refractivity contribution in [2.45, 2.75) is 18.2 Å². The molecule has 224 valence electrons. The van der Waals surface area contributed by atoms with Crippen LogP contribution in [0.25, 0.3) is 0 Å². The van der Waals surface area contributed by atoms with Crippen LogP contribution in [-0.2, 0) is 19.7 Å². The minimum absolute atomic E-state index is 0.00765. The molecule has 6 atom stereocenters. The van der Waals surface area contributed by atoms with Gasteiger partial charge >= 0.3 is 10.1 Å². The van der Waals surface area contributed by atoms with Crippen LogP contribution in [0.3, 0.4) is 0 Å². The average Bonchev–Trinajstić information content (AvgIpc) is 3.79. The van der Waals surface area contributed by atoms with Gasteiger partial charge in [0.25, 0.3) is 17.7 Å². The molecule has 1 heterocycles. The lowest BCUT2D eigenvalue weighted by Crippen LogP contribution is -2.52. The van der Waals surface area contributed by atoms with Gasteiger partial charge in [-0.25, -0.2) is 5.01 Å². The molecule has 2 saturated carbocycles. The van der Waals surface area contributed by atoms with E-state index in [1.54, 1.807) is 12.1 Å². The minimum Gasteiger partial charge on any atom is -0.379 e. The number of imide groups is 1. The van der Waals surface area contributed by atoms with Gasteiger partial charge in [-0.05, 0) is 97.7 Å². The standard InChI is InChI=1S/C33H27ClN2O7S/c1-18-2-12-23(13-3-18)44(41,42)43-22-10-6-19(7-11-22)28(37)17-35(31(38)20-4-8-21(34)9-5-20)36-32(39)29-24-14-15-25(27-16-26(24)27)30(29)33(36)40/h2-15,24-27,29-30H,16-17H2,1H3/t24-,25-,26-,27-,29-,30+/m0/s1. The molecule has 11 heteroatoms. The molecule has 5 aliphatic rings. The van der Waals surface area contributed by atoms with Crippen LogP contribution in [0.2, 0.25) is 5.02 Å². The second-order valence-electron chi connectivity index (χ2n) is 11.8. The number of hydrogen-bond donors (Lipinski definition) is 0. The summed E-state index contributed by atoms with van der Waals surface area (Å²) in [7, 11) is -4.10. The van der Waals surface area contributed by atoms with Crippen molar-refractivity contribution in [1.29, 1.82) is 0 Å². The molecule has 0 radical (unpaired) electrons. The van der Waals surface area contributed by atoms with E-state index in [0.29, 0.717) is 16.9 Å². The summed E-state index contributed by atoms with van der Waals surface area (Å²) < 4.78 is 30.6. The van der Waals surface area contributed by atoms with E-state index >= 15 is 0 Å². The Labute approximate surface area is 259 Å². The van der Waals surface area contributed by atoms with Crippen molar-refractivity contribution in [3.05, 3.63) is 107 Å². The van der Waals surface area contributed by atoms with Gasteiger partial charge in [0.05, 0.1) is 11.8 Å². The fourth-order valence-electron chi connectivity index (χ4n) is 6.96. The molecule has 8 rings (SSSR count). The first-order valence-electron chi connectivity index (χ1n) is 14.3. The van der Waals surface area contributed by atoms with Gasteiger partial charge in [0.15, 0.2) is 5.78 Å². The van der Waals surface area contributed by atoms with Crippen LogP contribution in [0.4, 0.5) is 0 Å². The Kier molecular flexibility index (Phi) is 6.75. The summed E-state index contributed by atoms with van der Waals surface area (Å²) in [6.07, 6.45) is 5.07. The molecule has 4 aliphatic carbocycles. The molecular formula is C33H27ClN2O7S. The predicted molar refractivity (Wildman–Crippen MR) is 159 cm³/mol. The van der Waals surface area contributed by atoms with Crippen LogP contribution in [0.1, 0.15) is 32.7 Å². The molecule has 0 aromatic heterocycles. The lowest BCUT2D eigenvalue weighted by Gasteiger charge is -2.37. The van der Waals surface area contributed by atoms with Crippen LogP contribution in [-0.4, -0.2) is 48.5 Å². The first kappa shape index (κ1) is 28.5. The van der Waals surface area contributed by atoms with Crippen molar-refractivity contribution >= 4 is 45.2 Å². The quantitative estimate of drug-likeness (QED) is 0.153. The summed E-state index contributed by atoms with van der Waals surface area (Å²) in [6.45, 7) is 1.25. The molecule has 44 heavy (non-hydrogen) atoms. The monoisotopic (exact) mass is 630 g/mol. The van der Waals surface area contributed by atoms with Crippen molar-refractivity contribution in [2.75, 3.05) is 6.54 Å². The number of ketones is 1. The Hall–Kier alpha value is -4.28. The van der Waals surface area contributed by atoms with Crippen molar-refractivity contribution in [3.8, 4) is 5.75 Å². The molecule has 3 fully saturated rings. The van der Waals surface area contributed by atoms with Gasteiger partial charge in [-0.3, -0.25) is 19.2 Å². The van der Waals surface area contributed by atoms with Crippen LogP contribution >= 0.6 is 11.6 Å². The first-order chi connectivity index (χ1) is 21.0. The van der Waals surface area contributed by atoms with Crippen molar-refractivity contribution < 1.29 is 31.8 Å². The molecule has 3 aromatic carbocycles. The fourth-order valence-corrected chi connectivity index (χ4v) is 8.01. The van der Waals surface area contributed by atoms with E-state index in [2.05, 4.69) is 0 Å². The van der Waals surface area contributed by atoms with Gasteiger partial charge in [0.1, 0.15) is 17.2 Å². The number of carbonyl (C=O) groups excluding carboxylic acids is 4. The first-order valence-corrected chi connectivity index (χ1v) is 16.1. The Morgan fingerprint density at radius 1 is 0.841 bits per heavy atom. The smallest absolute Gasteiger partial charge is 0.339 e. The van der Waals surface area contributed by atoms with E-state index in [1.165, 1.54) is 60.7 Å². The summed E-state index contributed by atoms with van der Waals surface area (Å²) in [5.74, 6) is -2.65. The van der Waals surface area contributed by atoms with Crippen LogP contribution < -0.4 is 4.18 Å². The van der Waals surface area contributed by atoms with E-state index in [4.69, 9.17) is 15.8 Å². The SMILES string of the molecule is Cc1ccc(S(=O)(=O)Oc2ccc(C(=O)CN(C(=O)c3ccc(Cl)cc3)N3C(=O)[C@@H]4[C@H]5C=C[C@@H]([C@@H]6C[C@@H]56)[C@@H]4C3=O)cc2)cc1. The highest BCUT2D eigenvalue weighted by Gasteiger charge is 2.68. The summed E-state index contributed by atoms with van der Waals surface area (Å²) >= 11 is 6.01. The number of benzene rings is 3. The van der Waals surface area contributed by atoms with E-state index in [0.717, 1.165) is 22.0 Å². The molecule has 0 N–H and O–H groups in total. The van der Waals surface area contributed by atoms with E-state index in [9.17, 15) is 27.6 Å². The fraction of sp³-hybridized carbons (Fsp3) is 0.273. The third-order valence-corrected chi connectivity index (χ3v) is 10.7. The number of hydrazine groups is 1. The summed E-state index contributed by atoms with van der Waals surface area (Å²) in [5, 5.41) is 2.22. The minimum atomic E-state index is -4.10. The summed E-state index contributed by atoms with van der Waals surface area (Å²) in [6, 6.07) is 17.6. The van der Waals surface area contributed by atoms with Crippen LogP contribution in [0.5, 0.6) is 5.75 Å². The number of Topliss-reactive ketones (excluding diaryl/α,β-unsaturated/α-hetero) is 1. The van der Waals surface area contributed by atoms with Crippen molar-refractivity contribution in [1.82, 2.24) is 10.0 Å². The lowest BCUT2D eigenvalue weighted by atomic mass is 9.63. The number of aryl methyl sites for hydroxylation is 1. The molecule has 3 aromatic rings. The molecule has 1 aliphatic heterocycles.